The van der Waals surface area contributed by atoms with E-state index in [2.05, 4.69) is 12.6 Å². The van der Waals surface area contributed by atoms with Crippen LogP contribution >= 0.6 is 11.3 Å². The van der Waals surface area contributed by atoms with Gasteiger partial charge in [-0.3, -0.25) is 0 Å². The van der Waals surface area contributed by atoms with Crippen LogP contribution < -0.4 is 0 Å². The van der Waals surface area contributed by atoms with Gasteiger partial charge in [0.1, 0.15) is 6.10 Å². The van der Waals surface area contributed by atoms with Crippen LogP contribution in [0, 0.1) is 0 Å². The second-order valence-corrected chi connectivity index (χ2v) is 4.87. The first-order chi connectivity index (χ1) is 6.18. The summed E-state index contributed by atoms with van der Waals surface area (Å²) in [7, 11) is 0. The van der Waals surface area contributed by atoms with Gasteiger partial charge in [0.05, 0.1) is 0 Å². The summed E-state index contributed by atoms with van der Waals surface area (Å²) in [5.41, 5.74) is 2.28. The summed E-state index contributed by atoms with van der Waals surface area (Å²) in [6.07, 6.45) is 3.22. The highest BCUT2D eigenvalue weighted by molar-refractivity contribution is 7.12. The van der Waals surface area contributed by atoms with Gasteiger partial charge in [0, 0.05) is 9.75 Å². The third-order valence-corrected chi connectivity index (χ3v) is 3.79. The van der Waals surface area contributed by atoms with Crippen LogP contribution in [0.3, 0.4) is 0 Å². The van der Waals surface area contributed by atoms with E-state index in [0.29, 0.717) is 0 Å². The van der Waals surface area contributed by atoms with Crippen molar-refractivity contribution in [2.45, 2.75) is 32.3 Å². The van der Waals surface area contributed by atoms with Crippen LogP contribution in [0.1, 0.15) is 34.8 Å². The van der Waals surface area contributed by atoms with Gasteiger partial charge >= 0.3 is 0 Å². The molecule has 1 atom stereocenters. The normalized spacial score (nSPS) is 17.1. The van der Waals surface area contributed by atoms with Gasteiger partial charge in [-0.05, 0) is 43.4 Å². The van der Waals surface area contributed by atoms with Gasteiger partial charge in [-0.2, -0.15) is 0 Å². The number of aliphatic hydroxyl groups excluding tert-OH is 1. The van der Waals surface area contributed by atoms with Gasteiger partial charge in [0.15, 0.2) is 0 Å². The Kier molecular flexibility index (Phi) is 2.26. The van der Waals surface area contributed by atoms with E-state index in [-0.39, 0.29) is 0 Å². The first kappa shape index (κ1) is 8.97. The molecule has 13 heavy (non-hydrogen) atoms. The Morgan fingerprint density at radius 1 is 1.62 bits per heavy atom. The first-order valence-corrected chi connectivity index (χ1v) is 5.45. The molecule has 1 aromatic heterocycles. The zero-order chi connectivity index (χ0) is 9.42. The molecule has 1 aliphatic carbocycles. The quantitative estimate of drug-likeness (QED) is 0.718. The minimum Gasteiger partial charge on any atom is -0.383 e. The molecule has 2 rings (SSSR count). The number of hydrogen-bond acceptors (Lipinski definition) is 2. The number of aryl methyl sites for hydroxylation is 2. The molecule has 1 nitrogen and oxygen atoms in total. The molecule has 1 aromatic rings. The Hall–Kier alpha value is -0.600. The van der Waals surface area contributed by atoms with E-state index in [1.807, 2.05) is 6.92 Å². The van der Waals surface area contributed by atoms with Crippen LogP contribution in [0.4, 0.5) is 0 Å². The molecule has 2 heteroatoms. The number of rotatable bonds is 2. The molecule has 70 valence electrons. The van der Waals surface area contributed by atoms with E-state index in [0.717, 1.165) is 10.5 Å². The van der Waals surface area contributed by atoms with Crippen molar-refractivity contribution in [3.05, 3.63) is 33.5 Å². The van der Waals surface area contributed by atoms with Crippen LogP contribution in [0.2, 0.25) is 0 Å². The Labute approximate surface area is 82.7 Å². The minimum absolute atomic E-state index is 0.449. The van der Waals surface area contributed by atoms with Crippen molar-refractivity contribution in [2.24, 2.45) is 0 Å². The van der Waals surface area contributed by atoms with Gasteiger partial charge < -0.3 is 5.11 Å². The molecule has 1 heterocycles. The smallest absolute Gasteiger partial charge is 0.109 e. The van der Waals surface area contributed by atoms with Crippen LogP contribution in [0.15, 0.2) is 18.2 Å². The summed E-state index contributed by atoms with van der Waals surface area (Å²) in [5, 5.41) is 9.77. The maximum atomic E-state index is 9.77. The molecule has 0 saturated carbocycles. The molecule has 0 aromatic carbocycles. The monoisotopic (exact) mass is 194 g/mol. The summed E-state index contributed by atoms with van der Waals surface area (Å²) >= 11 is 1.75. The maximum Gasteiger partial charge on any atom is 0.109 e. The fraction of sp³-hybridized carbons (Fsp3) is 0.455. The molecule has 0 spiro atoms. The lowest BCUT2D eigenvalue weighted by atomic mass is 10.1. The Morgan fingerprint density at radius 3 is 3.00 bits per heavy atom. The fourth-order valence-electron chi connectivity index (χ4n) is 1.73. The second-order valence-electron chi connectivity index (χ2n) is 3.70. The molecular formula is C11H14OS. The van der Waals surface area contributed by atoms with Crippen molar-refractivity contribution in [1.82, 2.24) is 0 Å². The van der Waals surface area contributed by atoms with Crippen molar-refractivity contribution in [1.29, 1.82) is 0 Å². The van der Waals surface area contributed by atoms with E-state index in [4.69, 9.17) is 0 Å². The summed E-state index contributed by atoms with van der Waals surface area (Å²) < 4.78 is 0. The zero-order valence-electron chi connectivity index (χ0n) is 7.84. The highest BCUT2D eigenvalue weighted by Crippen LogP contribution is 2.35. The molecule has 1 aliphatic rings. The van der Waals surface area contributed by atoms with E-state index >= 15 is 0 Å². The van der Waals surface area contributed by atoms with Crippen LogP contribution in [-0.4, -0.2) is 5.11 Å². The van der Waals surface area contributed by atoms with Crippen LogP contribution in [0.5, 0.6) is 0 Å². The topological polar surface area (TPSA) is 20.2 Å². The van der Waals surface area contributed by atoms with Gasteiger partial charge in [0.25, 0.3) is 0 Å². The highest BCUT2D eigenvalue weighted by Gasteiger charge is 2.18. The van der Waals surface area contributed by atoms with Crippen molar-refractivity contribution in [2.75, 3.05) is 0 Å². The van der Waals surface area contributed by atoms with E-state index in [1.54, 1.807) is 11.3 Å². The van der Waals surface area contributed by atoms with E-state index in [9.17, 15) is 5.11 Å². The third-order valence-electron chi connectivity index (χ3n) is 2.50. The molecule has 0 aliphatic heterocycles. The molecule has 0 bridgehead atoms. The highest BCUT2D eigenvalue weighted by atomic mass is 32.1. The summed E-state index contributed by atoms with van der Waals surface area (Å²) in [6, 6.07) is 2.15. The van der Waals surface area contributed by atoms with Gasteiger partial charge in [-0.15, -0.1) is 11.3 Å². The summed E-state index contributed by atoms with van der Waals surface area (Å²) in [6.45, 7) is 5.64. The second kappa shape index (κ2) is 3.28. The Bertz CT molecular complexity index is 316. The molecule has 1 N–H and O–H groups in total. The summed E-state index contributed by atoms with van der Waals surface area (Å²) in [4.78, 5) is 2.53. The van der Waals surface area contributed by atoms with Crippen LogP contribution in [-0.2, 0) is 12.8 Å². The average Bonchev–Trinajstić information content (AvgIpc) is 2.59. The minimum atomic E-state index is -0.449. The maximum absolute atomic E-state index is 9.77. The zero-order valence-corrected chi connectivity index (χ0v) is 8.66. The van der Waals surface area contributed by atoms with Crippen molar-refractivity contribution >= 4 is 11.3 Å². The largest absolute Gasteiger partial charge is 0.383 e. The van der Waals surface area contributed by atoms with Crippen molar-refractivity contribution in [3.8, 4) is 0 Å². The SMILES string of the molecule is C=C(C)C(O)c1cc2c(s1)CCC2. The van der Waals surface area contributed by atoms with Gasteiger partial charge in [-0.25, -0.2) is 0 Å². The molecule has 0 amide bonds. The Morgan fingerprint density at radius 2 is 2.38 bits per heavy atom. The Balaban J connectivity index is 2.28. The lowest BCUT2D eigenvalue weighted by Gasteiger charge is -2.06. The van der Waals surface area contributed by atoms with Gasteiger partial charge in [-0.1, -0.05) is 6.58 Å². The molecule has 1 unspecified atom stereocenters. The molecule has 0 radical (unpaired) electrons. The molecule has 0 saturated heterocycles. The summed E-state index contributed by atoms with van der Waals surface area (Å²) in [5.74, 6) is 0. The molecule has 0 fully saturated rings. The average molecular weight is 194 g/mol. The molecular weight excluding hydrogens is 180 g/mol. The number of thiophene rings is 1. The third kappa shape index (κ3) is 1.56. The van der Waals surface area contributed by atoms with E-state index in [1.165, 1.54) is 29.7 Å². The fourth-order valence-corrected chi connectivity index (χ4v) is 3.07. The lowest BCUT2D eigenvalue weighted by Crippen LogP contribution is -1.94. The number of aliphatic hydroxyl groups is 1. The van der Waals surface area contributed by atoms with Crippen molar-refractivity contribution in [3.63, 3.8) is 0 Å². The number of fused-ring (bicyclic) bond motifs is 1. The van der Waals surface area contributed by atoms with Crippen molar-refractivity contribution < 1.29 is 5.11 Å². The lowest BCUT2D eigenvalue weighted by molar-refractivity contribution is 0.220. The van der Waals surface area contributed by atoms with Gasteiger partial charge in [0.2, 0.25) is 0 Å². The predicted molar refractivity (Wildman–Crippen MR) is 56.1 cm³/mol. The standard InChI is InChI=1S/C11H14OS/c1-7(2)11(12)10-6-8-4-3-5-9(8)13-10/h6,11-12H,1,3-5H2,2H3. The first-order valence-electron chi connectivity index (χ1n) is 4.63. The van der Waals surface area contributed by atoms with Crippen LogP contribution in [0.25, 0.3) is 0 Å². The predicted octanol–water partition coefficient (Wildman–Crippen LogP) is 2.85. The van der Waals surface area contributed by atoms with E-state index < -0.39 is 6.10 Å². The number of hydrogen-bond donors (Lipinski definition) is 1.